The molecule has 0 amide bonds. The lowest BCUT2D eigenvalue weighted by molar-refractivity contribution is 0.134. The Bertz CT molecular complexity index is 452. The molecule has 1 aliphatic carbocycles. The molecule has 4 nitrogen and oxygen atoms in total. The summed E-state index contributed by atoms with van der Waals surface area (Å²) >= 11 is 0. The van der Waals surface area contributed by atoms with E-state index >= 15 is 0 Å². The summed E-state index contributed by atoms with van der Waals surface area (Å²) in [6, 6.07) is 6.95. The van der Waals surface area contributed by atoms with Crippen LogP contribution in [0.2, 0.25) is 0 Å². The molecule has 0 spiro atoms. The van der Waals surface area contributed by atoms with Gasteiger partial charge in [0, 0.05) is 6.04 Å². The van der Waals surface area contributed by atoms with Crippen molar-refractivity contribution in [2.24, 2.45) is 10.7 Å². The quantitative estimate of drug-likeness (QED) is 0.608. The molecule has 0 bridgehead atoms. The van der Waals surface area contributed by atoms with Gasteiger partial charge in [0.2, 0.25) is 0 Å². The van der Waals surface area contributed by atoms with E-state index < -0.39 is 0 Å². The van der Waals surface area contributed by atoms with E-state index in [1.165, 1.54) is 29.5 Å². The highest BCUT2D eigenvalue weighted by molar-refractivity contribution is 5.78. The van der Waals surface area contributed by atoms with Crippen molar-refractivity contribution in [3.63, 3.8) is 0 Å². The highest BCUT2D eigenvalue weighted by Crippen LogP contribution is 2.21. The van der Waals surface area contributed by atoms with Crippen LogP contribution >= 0.6 is 0 Å². The van der Waals surface area contributed by atoms with Gasteiger partial charge in [-0.05, 0) is 29.5 Å². The lowest BCUT2D eigenvalue weighted by Gasteiger charge is -2.04. The molecule has 0 atom stereocenters. The Kier molecular flexibility index (Phi) is 2.73. The summed E-state index contributed by atoms with van der Waals surface area (Å²) in [6.07, 6.45) is 2.43. The van der Waals surface area contributed by atoms with Crippen LogP contribution in [0.5, 0.6) is 0 Å². The average molecular weight is 231 g/mol. The molecule has 90 valence electrons. The Hall–Kier alpha value is -1.55. The highest BCUT2D eigenvalue weighted by atomic mass is 16.5. The molecule has 17 heavy (non-hydrogen) atoms. The van der Waals surface area contributed by atoms with E-state index in [2.05, 4.69) is 28.5 Å². The molecular formula is C13H17N3O. The maximum atomic E-state index is 5.79. The number of nitrogens with one attached hydrogen (secondary N) is 1. The number of nitrogens with zero attached hydrogens (tertiary/aromatic N) is 1. The third-order valence-electron chi connectivity index (χ3n) is 3.15. The van der Waals surface area contributed by atoms with Crippen LogP contribution in [0.1, 0.15) is 29.5 Å². The third-order valence-corrected chi connectivity index (χ3v) is 3.15. The van der Waals surface area contributed by atoms with Crippen LogP contribution in [0.4, 0.5) is 0 Å². The summed E-state index contributed by atoms with van der Waals surface area (Å²) in [7, 11) is 0. The zero-order valence-corrected chi connectivity index (χ0v) is 9.78. The largest absolute Gasteiger partial charge is 0.372 e. The van der Waals surface area contributed by atoms with Gasteiger partial charge in [-0.25, -0.2) is 4.99 Å². The smallest absolute Gasteiger partial charge is 0.189 e. The predicted octanol–water partition coefficient (Wildman–Crippen LogP) is 1.28. The molecule has 1 saturated carbocycles. The van der Waals surface area contributed by atoms with E-state index in [1.807, 2.05) is 0 Å². The summed E-state index contributed by atoms with van der Waals surface area (Å²) < 4.78 is 5.38. The predicted molar refractivity (Wildman–Crippen MR) is 66.4 cm³/mol. The van der Waals surface area contributed by atoms with Crippen molar-refractivity contribution >= 4 is 5.96 Å². The Labute approximate surface area is 101 Å². The van der Waals surface area contributed by atoms with Gasteiger partial charge in [0.15, 0.2) is 5.96 Å². The monoisotopic (exact) mass is 231 g/mol. The van der Waals surface area contributed by atoms with Crippen molar-refractivity contribution in [2.45, 2.75) is 38.6 Å². The number of ether oxygens (including phenoxy) is 1. The zero-order valence-electron chi connectivity index (χ0n) is 9.78. The number of benzene rings is 1. The van der Waals surface area contributed by atoms with Crippen molar-refractivity contribution in [3.8, 4) is 0 Å². The number of rotatable bonds is 3. The minimum absolute atomic E-state index is 0.559. The van der Waals surface area contributed by atoms with E-state index in [-0.39, 0.29) is 0 Å². The maximum absolute atomic E-state index is 5.79. The molecule has 0 radical (unpaired) electrons. The Balaban J connectivity index is 1.64. The van der Waals surface area contributed by atoms with Crippen LogP contribution in [0.15, 0.2) is 23.2 Å². The number of nitrogens with two attached hydrogens (primary N) is 1. The second kappa shape index (κ2) is 4.37. The van der Waals surface area contributed by atoms with Gasteiger partial charge in [-0.1, -0.05) is 18.2 Å². The zero-order chi connectivity index (χ0) is 11.7. The highest BCUT2D eigenvalue weighted by Gasteiger charge is 2.21. The minimum atomic E-state index is 0.559. The molecule has 0 aromatic heterocycles. The first-order chi connectivity index (χ1) is 8.31. The third kappa shape index (κ3) is 2.58. The Morgan fingerprint density at radius 3 is 3.00 bits per heavy atom. The van der Waals surface area contributed by atoms with Crippen LogP contribution in [-0.4, -0.2) is 12.0 Å². The fourth-order valence-electron chi connectivity index (χ4n) is 1.98. The minimum Gasteiger partial charge on any atom is -0.372 e. The molecule has 1 aromatic rings. The molecule has 1 aliphatic heterocycles. The van der Waals surface area contributed by atoms with Gasteiger partial charge in [0.1, 0.15) is 0 Å². The first-order valence-electron chi connectivity index (χ1n) is 6.06. The van der Waals surface area contributed by atoms with Crippen LogP contribution in [0, 0.1) is 0 Å². The maximum Gasteiger partial charge on any atom is 0.189 e. The van der Waals surface area contributed by atoms with Gasteiger partial charge in [-0.3, -0.25) is 0 Å². The lowest BCUT2D eigenvalue weighted by atomic mass is 10.1. The molecule has 0 unspecified atom stereocenters. The molecule has 1 heterocycles. The normalized spacial score (nSPS) is 19.2. The molecule has 2 aliphatic rings. The van der Waals surface area contributed by atoms with Crippen LogP contribution in [0.25, 0.3) is 0 Å². The summed E-state index contributed by atoms with van der Waals surface area (Å²) in [4.78, 5) is 4.34. The number of fused-ring (bicyclic) bond motifs is 1. The number of guanidine groups is 1. The van der Waals surface area contributed by atoms with Gasteiger partial charge in [0.05, 0.1) is 19.8 Å². The van der Waals surface area contributed by atoms with Crippen molar-refractivity contribution < 1.29 is 4.74 Å². The molecule has 1 fully saturated rings. The topological polar surface area (TPSA) is 59.6 Å². The molecule has 1 aromatic carbocycles. The Morgan fingerprint density at radius 1 is 1.35 bits per heavy atom. The number of aliphatic imine (C=N–C) groups is 1. The fourth-order valence-corrected chi connectivity index (χ4v) is 1.98. The van der Waals surface area contributed by atoms with E-state index in [0.29, 0.717) is 18.5 Å². The van der Waals surface area contributed by atoms with E-state index in [4.69, 9.17) is 10.5 Å². The molecule has 3 rings (SSSR count). The van der Waals surface area contributed by atoms with Gasteiger partial charge >= 0.3 is 0 Å². The number of hydrogen-bond acceptors (Lipinski definition) is 2. The lowest BCUT2D eigenvalue weighted by Crippen LogP contribution is -2.33. The van der Waals surface area contributed by atoms with Gasteiger partial charge in [0.25, 0.3) is 0 Å². The summed E-state index contributed by atoms with van der Waals surface area (Å²) in [5.74, 6) is 0.559. The van der Waals surface area contributed by atoms with E-state index in [9.17, 15) is 0 Å². The van der Waals surface area contributed by atoms with E-state index in [0.717, 1.165) is 13.2 Å². The molecular weight excluding hydrogens is 214 g/mol. The van der Waals surface area contributed by atoms with Gasteiger partial charge in [-0.2, -0.15) is 0 Å². The summed E-state index contributed by atoms with van der Waals surface area (Å²) in [5.41, 5.74) is 9.56. The van der Waals surface area contributed by atoms with Crippen LogP contribution < -0.4 is 11.1 Å². The fraction of sp³-hybridized carbons (Fsp3) is 0.462. The van der Waals surface area contributed by atoms with Crippen LogP contribution in [-0.2, 0) is 24.5 Å². The van der Waals surface area contributed by atoms with E-state index in [1.54, 1.807) is 0 Å². The first-order valence-corrected chi connectivity index (χ1v) is 6.06. The van der Waals surface area contributed by atoms with Crippen molar-refractivity contribution in [2.75, 3.05) is 0 Å². The number of hydrogen-bond donors (Lipinski definition) is 2. The second-order valence-electron chi connectivity index (χ2n) is 4.72. The van der Waals surface area contributed by atoms with Crippen molar-refractivity contribution in [1.82, 2.24) is 5.32 Å². The SMILES string of the molecule is NC(=NCc1ccc2c(c1)COC2)NC1CC1. The van der Waals surface area contributed by atoms with Crippen LogP contribution in [0.3, 0.4) is 0 Å². The van der Waals surface area contributed by atoms with Crippen molar-refractivity contribution in [3.05, 3.63) is 34.9 Å². The molecule has 3 N–H and O–H groups in total. The standard InChI is InChI=1S/C13H17N3O/c14-13(16-12-3-4-12)15-6-9-1-2-10-7-17-8-11(10)5-9/h1-2,5,12H,3-4,6-8H2,(H3,14,15,16). The van der Waals surface area contributed by atoms with Gasteiger partial charge < -0.3 is 15.8 Å². The average Bonchev–Trinajstić information content (AvgIpc) is 3.01. The summed E-state index contributed by atoms with van der Waals surface area (Å²) in [5, 5.41) is 3.18. The molecule has 4 heteroatoms. The second-order valence-corrected chi connectivity index (χ2v) is 4.72. The summed E-state index contributed by atoms with van der Waals surface area (Å²) in [6.45, 7) is 2.10. The first kappa shape index (κ1) is 10.6. The van der Waals surface area contributed by atoms with Crippen molar-refractivity contribution in [1.29, 1.82) is 0 Å². The molecule has 0 saturated heterocycles. The Morgan fingerprint density at radius 2 is 2.18 bits per heavy atom. The van der Waals surface area contributed by atoms with Gasteiger partial charge in [-0.15, -0.1) is 0 Å².